The van der Waals surface area contributed by atoms with Crippen LogP contribution in [-0.4, -0.2) is 50.4 Å². The SMILES string of the molecule is Cc1cc(C)n(CCCN(C)[C@@H](C)C(=O)Nc2nncs2)n1. The normalized spacial score (nSPS) is 12.6. The molecule has 0 saturated heterocycles. The molecule has 2 heterocycles. The van der Waals surface area contributed by atoms with Gasteiger partial charge in [0.25, 0.3) is 0 Å². The van der Waals surface area contributed by atoms with E-state index in [1.165, 1.54) is 17.0 Å². The van der Waals surface area contributed by atoms with Gasteiger partial charge in [-0.15, -0.1) is 10.2 Å². The number of aryl methyl sites for hydroxylation is 3. The molecule has 0 saturated carbocycles. The van der Waals surface area contributed by atoms with Crippen LogP contribution in [0.3, 0.4) is 0 Å². The molecule has 2 aromatic heterocycles. The predicted molar refractivity (Wildman–Crippen MR) is 86.9 cm³/mol. The lowest BCUT2D eigenvalue weighted by molar-refractivity contribution is -0.120. The lowest BCUT2D eigenvalue weighted by Crippen LogP contribution is -2.40. The first-order valence-corrected chi connectivity index (χ1v) is 8.13. The predicted octanol–water partition coefficient (Wildman–Crippen LogP) is 1.70. The van der Waals surface area contributed by atoms with Gasteiger partial charge in [0.15, 0.2) is 0 Å². The monoisotopic (exact) mass is 322 g/mol. The summed E-state index contributed by atoms with van der Waals surface area (Å²) < 4.78 is 2.01. The van der Waals surface area contributed by atoms with E-state index in [1.54, 1.807) is 5.51 Å². The van der Waals surface area contributed by atoms with Crippen LogP contribution in [0.25, 0.3) is 0 Å². The minimum absolute atomic E-state index is 0.0645. The summed E-state index contributed by atoms with van der Waals surface area (Å²) in [4.78, 5) is 14.1. The molecular weight excluding hydrogens is 300 g/mol. The first-order valence-electron chi connectivity index (χ1n) is 7.25. The Morgan fingerprint density at radius 3 is 2.86 bits per heavy atom. The van der Waals surface area contributed by atoms with E-state index in [-0.39, 0.29) is 11.9 Å². The van der Waals surface area contributed by atoms with Gasteiger partial charge in [0, 0.05) is 18.8 Å². The van der Waals surface area contributed by atoms with E-state index in [0.717, 1.165) is 25.2 Å². The molecule has 0 aliphatic heterocycles. The fourth-order valence-corrected chi connectivity index (χ4v) is 2.65. The largest absolute Gasteiger partial charge is 0.299 e. The van der Waals surface area contributed by atoms with Crippen molar-refractivity contribution in [1.82, 2.24) is 24.9 Å². The maximum Gasteiger partial charge on any atom is 0.243 e. The number of likely N-dealkylation sites (N-methyl/N-ethyl adjacent to an activating group) is 1. The lowest BCUT2D eigenvalue weighted by Gasteiger charge is -2.23. The minimum Gasteiger partial charge on any atom is -0.299 e. The van der Waals surface area contributed by atoms with Crippen molar-refractivity contribution < 1.29 is 4.79 Å². The highest BCUT2D eigenvalue weighted by Crippen LogP contribution is 2.10. The quantitative estimate of drug-likeness (QED) is 0.839. The Balaban J connectivity index is 1.77. The van der Waals surface area contributed by atoms with Crippen molar-refractivity contribution in [3.05, 3.63) is 23.0 Å². The van der Waals surface area contributed by atoms with E-state index in [0.29, 0.717) is 5.13 Å². The highest BCUT2D eigenvalue weighted by molar-refractivity contribution is 7.13. The Morgan fingerprint density at radius 2 is 2.27 bits per heavy atom. The zero-order valence-electron chi connectivity index (χ0n) is 13.4. The first kappa shape index (κ1) is 16.6. The van der Waals surface area contributed by atoms with E-state index in [9.17, 15) is 4.79 Å². The van der Waals surface area contributed by atoms with E-state index in [2.05, 4.69) is 33.6 Å². The number of carbonyl (C=O) groups excluding carboxylic acids is 1. The molecule has 0 fully saturated rings. The van der Waals surface area contributed by atoms with Crippen molar-refractivity contribution in [3.8, 4) is 0 Å². The number of amides is 1. The molecule has 2 rings (SSSR count). The summed E-state index contributed by atoms with van der Waals surface area (Å²) in [6.45, 7) is 7.62. The van der Waals surface area contributed by atoms with Gasteiger partial charge in [-0.25, -0.2) is 0 Å². The van der Waals surface area contributed by atoms with Gasteiger partial charge in [-0.1, -0.05) is 11.3 Å². The summed E-state index contributed by atoms with van der Waals surface area (Å²) in [7, 11) is 1.95. The Kier molecular flexibility index (Phi) is 5.62. The van der Waals surface area contributed by atoms with Crippen LogP contribution < -0.4 is 5.32 Å². The van der Waals surface area contributed by atoms with Crippen LogP contribution in [-0.2, 0) is 11.3 Å². The number of nitrogens with zero attached hydrogens (tertiary/aromatic N) is 5. The van der Waals surface area contributed by atoms with Gasteiger partial charge >= 0.3 is 0 Å². The van der Waals surface area contributed by atoms with Gasteiger partial charge in [0.05, 0.1) is 11.7 Å². The third-order valence-electron chi connectivity index (χ3n) is 3.61. The molecule has 8 heteroatoms. The first-order chi connectivity index (χ1) is 10.5. The Labute approximate surface area is 134 Å². The fourth-order valence-electron chi connectivity index (χ4n) is 2.20. The number of hydrogen-bond acceptors (Lipinski definition) is 6. The number of aromatic nitrogens is 4. The molecule has 1 N–H and O–H groups in total. The molecule has 0 aromatic carbocycles. The third-order valence-corrected chi connectivity index (χ3v) is 4.22. The zero-order chi connectivity index (χ0) is 16.1. The number of hydrogen-bond donors (Lipinski definition) is 1. The number of rotatable bonds is 7. The van der Waals surface area contributed by atoms with Crippen molar-refractivity contribution in [3.63, 3.8) is 0 Å². The van der Waals surface area contributed by atoms with Crippen LogP contribution >= 0.6 is 11.3 Å². The standard InChI is InChI=1S/C14H22N6OS/c1-10-8-11(2)20(18-10)7-5-6-19(4)12(3)13(21)16-14-17-15-9-22-14/h8-9,12H,5-7H2,1-4H3,(H,16,17,21)/t12-/m0/s1. The molecule has 0 aliphatic rings. The molecule has 0 radical (unpaired) electrons. The van der Waals surface area contributed by atoms with Crippen LogP contribution in [0.1, 0.15) is 24.7 Å². The average Bonchev–Trinajstić information content (AvgIpc) is 3.08. The fraction of sp³-hybridized carbons (Fsp3) is 0.571. The zero-order valence-corrected chi connectivity index (χ0v) is 14.2. The van der Waals surface area contributed by atoms with E-state index < -0.39 is 0 Å². The second-order valence-electron chi connectivity index (χ2n) is 5.39. The highest BCUT2D eigenvalue weighted by Gasteiger charge is 2.18. The lowest BCUT2D eigenvalue weighted by atomic mass is 10.2. The Hall–Kier alpha value is -1.80. The molecular formula is C14H22N6OS. The maximum atomic E-state index is 12.1. The number of nitrogens with one attached hydrogen (secondary N) is 1. The summed E-state index contributed by atoms with van der Waals surface area (Å²) in [5.74, 6) is -0.0645. The van der Waals surface area contributed by atoms with Crippen molar-refractivity contribution in [2.45, 2.75) is 39.8 Å². The molecule has 2 aromatic rings. The van der Waals surface area contributed by atoms with Gasteiger partial charge in [-0.2, -0.15) is 5.10 Å². The molecule has 7 nitrogen and oxygen atoms in total. The van der Waals surface area contributed by atoms with Gasteiger partial charge in [0.1, 0.15) is 5.51 Å². The minimum atomic E-state index is -0.218. The van der Waals surface area contributed by atoms with E-state index in [1.807, 2.05) is 30.5 Å². The molecule has 0 aliphatic carbocycles. The van der Waals surface area contributed by atoms with E-state index in [4.69, 9.17) is 0 Å². The summed E-state index contributed by atoms with van der Waals surface area (Å²) in [6.07, 6.45) is 0.939. The molecule has 0 spiro atoms. The average molecular weight is 322 g/mol. The highest BCUT2D eigenvalue weighted by atomic mass is 32.1. The molecule has 1 amide bonds. The molecule has 22 heavy (non-hydrogen) atoms. The van der Waals surface area contributed by atoms with Crippen LogP contribution in [0.15, 0.2) is 11.6 Å². The van der Waals surface area contributed by atoms with Crippen LogP contribution in [0.4, 0.5) is 5.13 Å². The third kappa shape index (κ3) is 4.35. The van der Waals surface area contributed by atoms with Gasteiger partial charge in [-0.05, 0) is 40.3 Å². The summed E-state index contributed by atoms with van der Waals surface area (Å²) >= 11 is 1.32. The second kappa shape index (κ2) is 7.46. The van der Waals surface area contributed by atoms with E-state index >= 15 is 0 Å². The Morgan fingerprint density at radius 1 is 1.50 bits per heavy atom. The van der Waals surface area contributed by atoms with Gasteiger partial charge in [0.2, 0.25) is 11.0 Å². The van der Waals surface area contributed by atoms with Crippen molar-refractivity contribution in [2.75, 3.05) is 18.9 Å². The van der Waals surface area contributed by atoms with Gasteiger partial charge < -0.3 is 0 Å². The van der Waals surface area contributed by atoms with Crippen LogP contribution in [0, 0.1) is 13.8 Å². The van der Waals surface area contributed by atoms with Crippen molar-refractivity contribution in [2.24, 2.45) is 0 Å². The number of anilines is 1. The summed E-state index contributed by atoms with van der Waals surface area (Å²) in [6, 6.07) is 1.85. The number of carbonyl (C=O) groups is 1. The summed E-state index contributed by atoms with van der Waals surface area (Å²) in [5, 5.41) is 15.3. The smallest absolute Gasteiger partial charge is 0.243 e. The molecule has 120 valence electrons. The topological polar surface area (TPSA) is 75.9 Å². The maximum absolute atomic E-state index is 12.1. The van der Waals surface area contributed by atoms with Crippen molar-refractivity contribution in [1.29, 1.82) is 0 Å². The summed E-state index contributed by atoms with van der Waals surface area (Å²) in [5.41, 5.74) is 3.80. The van der Waals surface area contributed by atoms with Crippen LogP contribution in [0.2, 0.25) is 0 Å². The molecule has 1 atom stereocenters. The van der Waals surface area contributed by atoms with Crippen molar-refractivity contribution >= 4 is 22.4 Å². The second-order valence-corrected chi connectivity index (χ2v) is 6.23. The van der Waals surface area contributed by atoms with Gasteiger partial charge in [-0.3, -0.25) is 19.7 Å². The Bertz CT molecular complexity index is 609. The van der Waals surface area contributed by atoms with Crippen LogP contribution in [0.5, 0.6) is 0 Å². The molecule has 0 bridgehead atoms. The molecule has 0 unspecified atom stereocenters.